The summed E-state index contributed by atoms with van der Waals surface area (Å²) < 4.78 is 5.05. The molecular formula is C17H17NO4. The summed E-state index contributed by atoms with van der Waals surface area (Å²) in [5.74, 6) is -1.04. The Hall–Kier alpha value is -2.56. The van der Waals surface area contributed by atoms with Gasteiger partial charge in [-0.15, -0.1) is 0 Å². The van der Waals surface area contributed by atoms with Crippen LogP contribution in [0.3, 0.4) is 0 Å². The quantitative estimate of drug-likeness (QED) is 0.888. The lowest BCUT2D eigenvalue weighted by Gasteiger charge is -2.18. The van der Waals surface area contributed by atoms with Crippen LogP contribution in [0.4, 0.5) is 0 Å². The fraction of sp³-hybridized carbons (Fsp3) is 0.294. The third kappa shape index (κ3) is 3.03. The minimum atomic E-state index is -1.11. The van der Waals surface area contributed by atoms with Crippen molar-refractivity contribution in [3.63, 3.8) is 0 Å². The van der Waals surface area contributed by atoms with Crippen molar-refractivity contribution < 1.29 is 19.1 Å². The van der Waals surface area contributed by atoms with Gasteiger partial charge in [-0.25, -0.2) is 4.79 Å². The number of benzene rings is 1. The first-order valence-corrected chi connectivity index (χ1v) is 7.24. The molecule has 1 aromatic carbocycles. The summed E-state index contributed by atoms with van der Waals surface area (Å²) in [5, 5.41) is 11.8. The molecule has 1 fully saturated rings. The summed E-state index contributed by atoms with van der Waals surface area (Å²) in [6.45, 7) is 2.02. The number of carbonyl (C=O) groups excluding carboxylic acids is 1. The second-order valence-electron chi connectivity index (χ2n) is 5.70. The van der Waals surface area contributed by atoms with Crippen molar-refractivity contribution in [3.8, 4) is 0 Å². The lowest BCUT2D eigenvalue weighted by molar-refractivity contribution is 0.0695. The maximum Gasteiger partial charge on any atom is 0.338 e. The van der Waals surface area contributed by atoms with Crippen LogP contribution in [0.25, 0.3) is 0 Å². The van der Waals surface area contributed by atoms with Gasteiger partial charge in [-0.3, -0.25) is 4.79 Å². The largest absolute Gasteiger partial charge is 0.478 e. The molecule has 0 aliphatic heterocycles. The predicted octanol–water partition coefficient (Wildman–Crippen LogP) is 3.17. The van der Waals surface area contributed by atoms with Crippen LogP contribution in [-0.2, 0) is 0 Å². The summed E-state index contributed by atoms with van der Waals surface area (Å²) in [6.07, 6.45) is 3.24. The van der Waals surface area contributed by atoms with Gasteiger partial charge in [0.1, 0.15) is 6.26 Å². The van der Waals surface area contributed by atoms with Crippen molar-refractivity contribution >= 4 is 11.9 Å². The van der Waals surface area contributed by atoms with Crippen molar-refractivity contribution in [3.05, 3.63) is 59.0 Å². The van der Waals surface area contributed by atoms with Crippen molar-refractivity contribution in [1.29, 1.82) is 0 Å². The molecule has 1 heterocycles. The minimum Gasteiger partial charge on any atom is -0.478 e. The zero-order valence-electron chi connectivity index (χ0n) is 12.2. The number of aromatic carboxylic acids is 1. The average Bonchev–Trinajstić information content (AvgIpc) is 3.20. The Labute approximate surface area is 127 Å². The highest BCUT2D eigenvalue weighted by atomic mass is 16.4. The van der Waals surface area contributed by atoms with Gasteiger partial charge in [0, 0.05) is 6.07 Å². The van der Waals surface area contributed by atoms with E-state index in [4.69, 9.17) is 9.52 Å². The van der Waals surface area contributed by atoms with Crippen LogP contribution in [0.1, 0.15) is 50.9 Å². The highest BCUT2D eigenvalue weighted by Gasteiger charge is 2.34. The molecule has 1 saturated carbocycles. The molecule has 1 aliphatic carbocycles. The third-order valence-corrected chi connectivity index (χ3v) is 3.89. The van der Waals surface area contributed by atoms with Crippen LogP contribution in [0.15, 0.2) is 41.0 Å². The number of hydrogen-bond acceptors (Lipinski definition) is 3. The average molecular weight is 299 g/mol. The van der Waals surface area contributed by atoms with Gasteiger partial charge in [-0.1, -0.05) is 29.8 Å². The van der Waals surface area contributed by atoms with Gasteiger partial charge >= 0.3 is 5.97 Å². The first kappa shape index (κ1) is 14.4. The topological polar surface area (TPSA) is 79.5 Å². The van der Waals surface area contributed by atoms with E-state index in [1.54, 1.807) is 0 Å². The molecule has 22 heavy (non-hydrogen) atoms. The van der Waals surface area contributed by atoms with E-state index in [2.05, 4.69) is 5.32 Å². The van der Waals surface area contributed by atoms with Gasteiger partial charge in [0.05, 0.1) is 11.6 Å². The number of rotatable bonds is 5. The Balaban J connectivity index is 1.77. The molecular weight excluding hydrogens is 282 g/mol. The second kappa shape index (κ2) is 5.67. The number of amides is 1. The van der Waals surface area contributed by atoms with Gasteiger partial charge in [0.15, 0.2) is 5.76 Å². The van der Waals surface area contributed by atoms with Crippen LogP contribution in [0.2, 0.25) is 0 Å². The van der Waals surface area contributed by atoms with Crippen LogP contribution in [0.5, 0.6) is 0 Å². The van der Waals surface area contributed by atoms with Gasteiger partial charge < -0.3 is 14.8 Å². The Morgan fingerprint density at radius 2 is 1.95 bits per heavy atom. The first-order chi connectivity index (χ1) is 10.5. The molecule has 0 saturated heterocycles. The van der Waals surface area contributed by atoms with Crippen molar-refractivity contribution in [1.82, 2.24) is 5.32 Å². The monoisotopic (exact) mass is 299 g/mol. The zero-order valence-corrected chi connectivity index (χ0v) is 12.2. The fourth-order valence-electron chi connectivity index (χ4n) is 2.46. The van der Waals surface area contributed by atoms with Crippen LogP contribution in [-0.4, -0.2) is 17.0 Å². The second-order valence-corrected chi connectivity index (χ2v) is 5.70. The van der Waals surface area contributed by atoms with E-state index in [0.29, 0.717) is 5.92 Å². The van der Waals surface area contributed by atoms with Crippen molar-refractivity contribution in [2.24, 2.45) is 5.92 Å². The molecule has 1 amide bonds. The van der Waals surface area contributed by atoms with E-state index in [-0.39, 0.29) is 23.3 Å². The summed E-state index contributed by atoms with van der Waals surface area (Å²) >= 11 is 0. The summed E-state index contributed by atoms with van der Waals surface area (Å²) in [7, 11) is 0. The molecule has 1 aromatic heterocycles. The van der Waals surface area contributed by atoms with Crippen LogP contribution < -0.4 is 5.32 Å². The maximum atomic E-state index is 12.3. The van der Waals surface area contributed by atoms with E-state index >= 15 is 0 Å². The standard InChI is InChI=1S/C17H17NO4/c1-10-2-4-11(5-3-10)15(12-6-7-12)18-16(19)14-8-13(9-22-14)17(20)21/h2-5,8-9,12,15H,6-7H2,1H3,(H,18,19)(H,20,21). The first-order valence-electron chi connectivity index (χ1n) is 7.24. The number of furan rings is 1. The molecule has 5 heteroatoms. The molecule has 2 aromatic rings. The number of carboxylic acids is 1. The molecule has 0 spiro atoms. The molecule has 0 radical (unpaired) electrons. The SMILES string of the molecule is Cc1ccc(C(NC(=O)c2cc(C(=O)O)co2)C2CC2)cc1. The van der Waals surface area contributed by atoms with E-state index in [1.165, 1.54) is 11.6 Å². The van der Waals surface area contributed by atoms with Gasteiger partial charge in [-0.05, 0) is 31.2 Å². The Bertz CT molecular complexity index is 698. The molecule has 3 rings (SSSR count). The van der Waals surface area contributed by atoms with E-state index < -0.39 is 5.97 Å². The predicted molar refractivity (Wildman–Crippen MR) is 79.8 cm³/mol. The van der Waals surface area contributed by atoms with Gasteiger partial charge in [0.2, 0.25) is 0 Å². The molecule has 1 aliphatic rings. The summed E-state index contributed by atoms with van der Waals surface area (Å²) in [4.78, 5) is 23.1. The van der Waals surface area contributed by atoms with Crippen molar-refractivity contribution in [2.45, 2.75) is 25.8 Å². The Kier molecular flexibility index (Phi) is 3.71. The maximum absolute atomic E-state index is 12.3. The minimum absolute atomic E-state index is 0.0233. The highest BCUT2D eigenvalue weighted by molar-refractivity contribution is 5.95. The van der Waals surface area contributed by atoms with E-state index in [1.807, 2.05) is 31.2 Å². The fourth-order valence-corrected chi connectivity index (χ4v) is 2.46. The van der Waals surface area contributed by atoms with Gasteiger partial charge in [-0.2, -0.15) is 0 Å². The third-order valence-electron chi connectivity index (χ3n) is 3.89. The smallest absolute Gasteiger partial charge is 0.338 e. The summed E-state index contributed by atoms with van der Waals surface area (Å²) in [5.41, 5.74) is 2.21. The highest BCUT2D eigenvalue weighted by Crippen LogP contribution is 2.41. The number of hydrogen-bond donors (Lipinski definition) is 2. The van der Waals surface area contributed by atoms with Crippen LogP contribution in [0, 0.1) is 12.8 Å². The molecule has 5 nitrogen and oxygen atoms in total. The number of aryl methyl sites for hydroxylation is 1. The molecule has 0 bridgehead atoms. The molecule has 2 N–H and O–H groups in total. The molecule has 1 atom stereocenters. The van der Waals surface area contributed by atoms with E-state index in [9.17, 15) is 9.59 Å². The molecule has 1 unspecified atom stereocenters. The number of carboxylic acid groups (broad SMARTS) is 1. The summed E-state index contributed by atoms with van der Waals surface area (Å²) in [6, 6.07) is 9.26. The van der Waals surface area contributed by atoms with Crippen LogP contribution >= 0.6 is 0 Å². The van der Waals surface area contributed by atoms with E-state index in [0.717, 1.165) is 24.7 Å². The lowest BCUT2D eigenvalue weighted by atomic mass is 10.0. The zero-order chi connectivity index (χ0) is 15.7. The number of carbonyl (C=O) groups is 2. The van der Waals surface area contributed by atoms with Gasteiger partial charge in [0.25, 0.3) is 5.91 Å². The lowest BCUT2D eigenvalue weighted by Crippen LogP contribution is -2.29. The van der Waals surface area contributed by atoms with Crippen molar-refractivity contribution in [2.75, 3.05) is 0 Å². The number of nitrogens with one attached hydrogen (secondary N) is 1. The normalized spacial score (nSPS) is 15.3. The Morgan fingerprint density at radius 1 is 1.27 bits per heavy atom. The Morgan fingerprint density at radius 3 is 2.50 bits per heavy atom. The molecule has 114 valence electrons.